The van der Waals surface area contributed by atoms with Crippen molar-refractivity contribution in [2.45, 2.75) is 77.7 Å². The number of aliphatic hydroxyl groups is 1. The molecule has 7 heterocycles. The van der Waals surface area contributed by atoms with E-state index >= 15 is 0 Å². The van der Waals surface area contributed by atoms with Gasteiger partial charge in [0.05, 0.1) is 52.6 Å². The van der Waals surface area contributed by atoms with E-state index in [9.17, 15) is 14.7 Å². The number of aromatic nitrogens is 8. The summed E-state index contributed by atoms with van der Waals surface area (Å²) < 4.78 is 0. The van der Waals surface area contributed by atoms with Gasteiger partial charge in [-0.15, -0.1) is 0 Å². The monoisotopic (exact) mass is 809 g/mol. The van der Waals surface area contributed by atoms with Gasteiger partial charge in [0.15, 0.2) is 11.6 Å². The summed E-state index contributed by atoms with van der Waals surface area (Å²) in [5, 5.41) is 10.5. The predicted molar refractivity (Wildman–Crippen MR) is 226 cm³/mol. The van der Waals surface area contributed by atoms with Gasteiger partial charge >= 0.3 is 0 Å². The number of fused-ring (bicyclic) bond motifs is 2. The summed E-state index contributed by atoms with van der Waals surface area (Å²) in [5.74, 6) is 2.94. The zero-order valence-electron chi connectivity index (χ0n) is 34.0. The van der Waals surface area contributed by atoms with Gasteiger partial charge in [0, 0.05) is 49.0 Å². The molecular weight excluding hydrogens is 766 g/mol. The highest BCUT2D eigenvalue weighted by atomic mass is 35.5. The highest BCUT2D eigenvalue weighted by Gasteiger charge is 2.46. The average Bonchev–Trinajstić information content (AvgIpc) is 3.54. The number of carbonyl (C=O) groups is 2. The number of benzene rings is 2. The molecule has 0 aliphatic carbocycles. The van der Waals surface area contributed by atoms with Crippen LogP contribution >= 0.6 is 11.6 Å². The quantitative estimate of drug-likeness (QED) is 0.184. The maximum atomic E-state index is 13.5. The topological polar surface area (TPSA) is 167 Å². The SMILES string of the molecule is Cc1ncc(-c2ccc3c(c2)N(c2cncc(Cl)n2)C(=O)C3(C)C)cn1.Cc1ncc(-c2ccc3c(c2)N(c2cncc(N4CCC(C)(O)CC4)n2)C(=O)C3(C)C)cn1. The molecule has 3 aliphatic heterocycles. The van der Waals surface area contributed by atoms with E-state index in [0.29, 0.717) is 55.0 Å². The van der Waals surface area contributed by atoms with Crippen molar-refractivity contribution in [1.82, 2.24) is 39.9 Å². The van der Waals surface area contributed by atoms with E-state index < -0.39 is 16.4 Å². The second-order valence-corrected chi connectivity index (χ2v) is 16.8. The van der Waals surface area contributed by atoms with Crippen LogP contribution in [0.2, 0.25) is 5.15 Å². The lowest BCUT2D eigenvalue weighted by molar-refractivity contribution is -0.122. The molecule has 0 bridgehead atoms. The van der Waals surface area contributed by atoms with Crippen LogP contribution in [0, 0.1) is 13.8 Å². The van der Waals surface area contributed by atoms with Crippen LogP contribution in [0.4, 0.5) is 28.8 Å². The molecule has 1 fully saturated rings. The Morgan fingerprint density at radius 2 is 1.00 bits per heavy atom. The van der Waals surface area contributed by atoms with Crippen LogP contribution < -0.4 is 14.7 Å². The maximum Gasteiger partial charge on any atom is 0.242 e. The number of hydrogen-bond acceptors (Lipinski definition) is 12. The van der Waals surface area contributed by atoms with E-state index in [4.69, 9.17) is 16.6 Å². The van der Waals surface area contributed by atoms with Crippen LogP contribution in [0.15, 0.2) is 86.0 Å². The molecule has 300 valence electrons. The largest absolute Gasteiger partial charge is 0.390 e. The van der Waals surface area contributed by atoms with E-state index in [1.54, 1.807) is 47.0 Å². The van der Waals surface area contributed by atoms with Crippen LogP contribution in [-0.4, -0.2) is 75.5 Å². The zero-order valence-corrected chi connectivity index (χ0v) is 34.7. The lowest BCUT2D eigenvalue weighted by Gasteiger charge is -2.36. The molecule has 4 aromatic heterocycles. The van der Waals surface area contributed by atoms with Gasteiger partial charge in [0.25, 0.3) is 0 Å². The summed E-state index contributed by atoms with van der Waals surface area (Å²) in [6, 6.07) is 11.9. The Bertz CT molecular complexity index is 2590. The molecule has 2 amide bonds. The Kier molecular flexibility index (Phi) is 9.96. The van der Waals surface area contributed by atoms with Crippen LogP contribution in [0.25, 0.3) is 22.3 Å². The third-order valence-electron chi connectivity index (χ3n) is 11.4. The molecule has 0 atom stereocenters. The van der Waals surface area contributed by atoms with Gasteiger partial charge in [-0.05, 0) is 95.7 Å². The van der Waals surface area contributed by atoms with Crippen molar-refractivity contribution in [3.8, 4) is 22.3 Å². The van der Waals surface area contributed by atoms with Crippen LogP contribution in [0.1, 0.15) is 70.2 Å². The number of hydrogen-bond donors (Lipinski definition) is 1. The summed E-state index contributed by atoms with van der Waals surface area (Å²) >= 11 is 5.98. The molecule has 1 N–H and O–H groups in total. The molecule has 0 radical (unpaired) electrons. The first-order chi connectivity index (χ1) is 28.0. The molecule has 3 aliphatic rings. The van der Waals surface area contributed by atoms with Gasteiger partial charge in [-0.3, -0.25) is 29.4 Å². The second kappa shape index (κ2) is 14.8. The number of rotatable bonds is 5. The van der Waals surface area contributed by atoms with Crippen molar-refractivity contribution in [1.29, 1.82) is 0 Å². The first-order valence-electron chi connectivity index (χ1n) is 19.4. The zero-order chi connectivity index (χ0) is 41.9. The molecular formula is C44H44ClN11O3. The number of halogens is 1. The lowest BCUT2D eigenvalue weighted by atomic mass is 9.85. The van der Waals surface area contributed by atoms with Gasteiger partial charge in [0.1, 0.15) is 22.6 Å². The van der Waals surface area contributed by atoms with Crippen LogP contribution in [0.3, 0.4) is 0 Å². The minimum atomic E-state index is -0.681. The molecule has 0 spiro atoms. The van der Waals surface area contributed by atoms with E-state index in [1.807, 2.05) is 84.9 Å². The molecule has 15 heteroatoms. The summed E-state index contributed by atoms with van der Waals surface area (Å²) in [4.78, 5) is 66.6. The molecule has 59 heavy (non-hydrogen) atoms. The molecule has 14 nitrogen and oxygen atoms in total. The molecule has 9 rings (SSSR count). The smallest absolute Gasteiger partial charge is 0.242 e. The summed E-state index contributed by atoms with van der Waals surface area (Å²) in [5.41, 5.74) is 5.10. The van der Waals surface area contributed by atoms with Gasteiger partial charge in [0.2, 0.25) is 11.8 Å². The van der Waals surface area contributed by atoms with Gasteiger partial charge < -0.3 is 10.0 Å². The Morgan fingerprint density at radius 1 is 0.576 bits per heavy atom. The summed E-state index contributed by atoms with van der Waals surface area (Å²) in [6.07, 6.45) is 14.8. The van der Waals surface area contributed by atoms with E-state index in [2.05, 4.69) is 39.8 Å². The van der Waals surface area contributed by atoms with Crippen molar-refractivity contribution in [2.75, 3.05) is 27.8 Å². The fourth-order valence-corrected chi connectivity index (χ4v) is 7.80. The number of anilines is 5. The maximum absolute atomic E-state index is 13.5. The first kappa shape index (κ1) is 39.6. The summed E-state index contributed by atoms with van der Waals surface area (Å²) in [7, 11) is 0. The minimum absolute atomic E-state index is 0.0390. The molecule has 0 unspecified atom stereocenters. The summed E-state index contributed by atoms with van der Waals surface area (Å²) in [6.45, 7) is 14.6. The van der Waals surface area contributed by atoms with Crippen molar-refractivity contribution >= 4 is 52.2 Å². The normalized spacial score (nSPS) is 17.3. The molecule has 0 saturated carbocycles. The average molecular weight is 810 g/mol. The standard InChI is InChI=1S/C25H28N6O2.C19H16ClN5O/c1-16-27-12-18(13-28-16)17-5-6-19-20(11-17)31(23(32)24(19,2)3)22-15-26-14-21(29-22)30-9-7-25(4,33)8-10-30;1-11-22-7-13(8-23-11)12-4-5-14-15(6-12)25(18(26)19(14,2)3)17-10-21-9-16(20)24-17/h5-6,11-15,33H,7-10H2,1-4H3;4-10H,1-3H3. The van der Waals surface area contributed by atoms with Crippen molar-refractivity contribution < 1.29 is 14.7 Å². The Morgan fingerprint density at radius 3 is 1.46 bits per heavy atom. The number of carbonyl (C=O) groups excluding carboxylic acids is 2. The van der Waals surface area contributed by atoms with E-state index in [0.717, 1.165) is 44.8 Å². The van der Waals surface area contributed by atoms with E-state index in [1.165, 1.54) is 12.4 Å². The number of nitrogens with zero attached hydrogens (tertiary/aromatic N) is 11. The van der Waals surface area contributed by atoms with Crippen molar-refractivity contribution in [2.24, 2.45) is 0 Å². The first-order valence-corrected chi connectivity index (χ1v) is 19.7. The molecule has 6 aromatic rings. The molecule has 2 aromatic carbocycles. The number of aryl methyl sites for hydroxylation is 2. The van der Waals surface area contributed by atoms with Crippen molar-refractivity contribution in [3.05, 3.63) is 114 Å². The molecule has 1 saturated heterocycles. The highest BCUT2D eigenvalue weighted by Crippen LogP contribution is 2.48. The fourth-order valence-electron chi connectivity index (χ4n) is 7.66. The van der Waals surface area contributed by atoms with Crippen LogP contribution in [-0.2, 0) is 20.4 Å². The third-order valence-corrected chi connectivity index (χ3v) is 11.5. The van der Waals surface area contributed by atoms with Crippen LogP contribution in [0.5, 0.6) is 0 Å². The Labute approximate surface area is 347 Å². The van der Waals surface area contributed by atoms with E-state index in [-0.39, 0.29) is 17.0 Å². The Balaban J connectivity index is 0.000000169. The minimum Gasteiger partial charge on any atom is -0.390 e. The van der Waals surface area contributed by atoms with Gasteiger partial charge in [-0.2, -0.15) is 0 Å². The number of amides is 2. The fraction of sp³-hybridized carbons (Fsp3) is 0.318. The van der Waals surface area contributed by atoms with Crippen molar-refractivity contribution in [3.63, 3.8) is 0 Å². The predicted octanol–water partition coefficient (Wildman–Crippen LogP) is 7.40. The highest BCUT2D eigenvalue weighted by molar-refractivity contribution is 6.29. The number of piperidine rings is 1. The third kappa shape index (κ3) is 7.38. The lowest BCUT2D eigenvalue weighted by Crippen LogP contribution is -2.43. The van der Waals surface area contributed by atoms with Gasteiger partial charge in [-0.25, -0.2) is 29.9 Å². The Hall–Kier alpha value is -6.25. The second-order valence-electron chi connectivity index (χ2n) is 16.5. The van der Waals surface area contributed by atoms with Gasteiger partial charge in [-0.1, -0.05) is 35.9 Å².